The average molecular weight is 352 g/mol. The van der Waals surface area contributed by atoms with Gasteiger partial charge in [-0.1, -0.05) is 42.5 Å². The van der Waals surface area contributed by atoms with E-state index in [0.29, 0.717) is 0 Å². The lowest BCUT2D eigenvalue weighted by Gasteiger charge is -2.08. The van der Waals surface area contributed by atoms with Crippen molar-refractivity contribution in [3.63, 3.8) is 0 Å². The van der Waals surface area contributed by atoms with E-state index in [0.717, 1.165) is 16.3 Å². The van der Waals surface area contributed by atoms with Crippen molar-refractivity contribution in [1.82, 2.24) is 10.9 Å². The van der Waals surface area contributed by atoms with Gasteiger partial charge in [-0.05, 0) is 28.5 Å². The van der Waals surface area contributed by atoms with E-state index in [2.05, 4.69) is 10.9 Å². The summed E-state index contributed by atoms with van der Waals surface area (Å²) >= 11 is 0. The van der Waals surface area contributed by atoms with Gasteiger partial charge in [-0.25, -0.2) is 0 Å². The standard InChI is InChI=1S/C19H16N2O5/c22-17(20-21-19(24)16-9-4-10-25-16)12-26-18(23)11-14-7-3-6-13-5-1-2-8-15(13)14/h1-10H,11-12H2,(H,20,22)(H,21,24). The fourth-order valence-corrected chi connectivity index (χ4v) is 2.43. The van der Waals surface area contributed by atoms with Gasteiger partial charge in [0.15, 0.2) is 12.4 Å². The lowest BCUT2D eigenvalue weighted by atomic mass is 10.0. The molecule has 0 saturated carbocycles. The maximum Gasteiger partial charge on any atom is 0.310 e. The molecule has 7 heteroatoms. The molecular weight excluding hydrogens is 336 g/mol. The normalized spacial score (nSPS) is 10.3. The van der Waals surface area contributed by atoms with Crippen LogP contribution in [0.1, 0.15) is 16.1 Å². The first-order chi connectivity index (χ1) is 12.6. The van der Waals surface area contributed by atoms with Gasteiger partial charge in [0.05, 0.1) is 12.7 Å². The summed E-state index contributed by atoms with van der Waals surface area (Å²) in [4.78, 5) is 35.2. The SMILES string of the molecule is O=C(COC(=O)Cc1cccc2ccccc12)NNC(=O)c1ccco1. The first kappa shape index (κ1) is 17.2. The molecule has 0 atom stereocenters. The van der Waals surface area contributed by atoms with E-state index in [9.17, 15) is 14.4 Å². The molecule has 0 radical (unpaired) electrons. The van der Waals surface area contributed by atoms with Crippen molar-refractivity contribution in [1.29, 1.82) is 0 Å². The molecule has 1 aromatic heterocycles. The smallest absolute Gasteiger partial charge is 0.310 e. The van der Waals surface area contributed by atoms with Gasteiger partial charge in [-0.3, -0.25) is 25.2 Å². The lowest BCUT2D eigenvalue weighted by Crippen LogP contribution is -2.43. The molecule has 0 aliphatic heterocycles. The number of hydrazine groups is 1. The van der Waals surface area contributed by atoms with Crippen molar-refractivity contribution < 1.29 is 23.5 Å². The number of fused-ring (bicyclic) bond motifs is 1. The topological polar surface area (TPSA) is 97.6 Å². The Hall–Kier alpha value is -3.61. The highest BCUT2D eigenvalue weighted by Gasteiger charge is 2.12. The first-order valence-electron chi connectivity index (χ1n) is 7.88. The Kier molecular flexibility index (Phi) is 5.28. The Bertz CT molecular complexity index is 929. The van der Waals surface area contributed by atoms with Crippen LogP contribution in [0.3, 0.4) is 0 Å². The molecule has 0 spiro atoms. The number of carbonyl (C=O) groups is 3. The number of hydrogen-bond acceptors (Lipinski definition) is 5. The van der Waals surface area contributed by atoms with Gasteiger partial charge < -0.3 is 9.15 Å². The Morgan fingerprint density at radius 1 is 0.923 bits per heavy atom. The van der Waals surface area contributed by atoms with E-state index in [1.54, 1.807) is 6.07 Å². The third-order valence-corrected chi connectivity index (χ3v) is 3.64. The minimum atomic E-state index is -0.656. The molecule has 0 aliphatic carbocycles. The molecule has 0 fully saturated rings. The molecule has 3 aromatic rings. The number of furan rings is 1. The monoisotopic (exact) mass is 352 g/mol. The van der Waals surface area contributed by atoms with Gasteiger partial charge in [0.25, 0.3) is 5.91 Å². The van der Waals surface area contributed by atoms with Crippen molar-refractivity contribution in [2.75, 3.05) is 6.61 Å². The van der Waals surface area contributed by atoms with Crippen molar-refractivity contribution in [2.24, 2.45) is 0 Å². The summed E-state index contributed by atoms with van der Waals surface area (Å²) in [7, 11) is 0. The fourth-order valence-electron chi connectivity index (χ4n) is 2.43. The van der Waals surface area contributed by atoms with Crippen molar-refractivity contribution in [2.45, 2.75) is 6.42 Å². The van der Waals surface area contributed by atoms with Gasteiger partial charge >= 0.3 is 11.9 Å². The highest BCUT2D eigenvalue weighted by Crippen LogP contribution is 2.19. The lowest BCUT2D eigenvalue weighted by molar-refractivity contribution is -0.148. The van der Waals surface area contributed by atoms with Crippen LogP contribution in [0, 0.1) is 0 Å². The molecule has 0 bridgehead atoms. The molecular formula is C19H16N2O5. The molecule has 0 aliphatic rings. The highest BCUT2D eigenvalue weighted by atomic mass is 16.5. The number of hydrogen-bond donors (Lipinski definition) is 2. The van der Waals surface area contributed by atoms with Crippen LogP contribution in [-0.4, -0.2) is 24.4 Å². The summed E-state index contributed by atoms with van der Waals surface area (Å²) in [6.45, 7) is -0.498. The fraction of sp³-hybridized carbons (Fsp3) is 0.105. The van der Waals surface area contributed by atoms with Crippen LogP contribution in [-0.2, 0) is 20.7 Å². The molecule has 132 valence electrons. The molecule has 2 aromatic carbocycles. The summed E-state index contributed by atoms with van der Waals surface area (Å²) in [5, 5.41) is 1.98. The molecule has 0 saturated heterocycles. The number of rotatable bonds is 5. The van der Waals surface area contributed by atoms with Crippen LogP contribution in [0.5, 0.6) is 0 Å². The molecule has 0 unspecified atom stereocenters. The van der Waals surface area contributed by atoms with Crippen molar-refractivity contribution in [3.05, 3.63) is 72.2 Å². The Balaban J connectivity index is 1.47. The summed E-state index contributed by atoms with van der Waals surface area (Å²) in [6, 6.07) is 16.4. The summed E-state index contributed by atoms with van der Waals surface area (Å²) in [5.41, 5.74) is 5.12. The third kappa shape index (κ3) is 4.27. The van der Waals surface area contributed by atoms with Crippen LogP contribution in [0.2, 0.25) is 0 Å². The molecule has 3 rings (SSSR count). The third-order valence-electron chi connectivity index (χ3n) is 3.64. The predicted molar refractivity (Wildman–Crippen MR) is 92.9 cm³/mol. The summed E-state index contributed by atoms with van der Waals surface area (Å²) < 4.78 is 9.83. The van der Waals surface area contributed by atoms with Crippen LogP contribution < -0.4 is 10.9 Å². The Morgan fingerprint density at radius 3 is 2.54 bits per heavy atom. The summed E-state index contributed by atoms with van der Waals surface area (Å²) in [6.07, 6.45) is 1.39. The maximum atomic E-state index is 12.0. The molecule has 2 N–H and O–H groups in total. The van der Waals surface area contributed by atoms with Gasteiger partial charge in [-0.15, -0.1) is 0 Å². The van der Waals surface area contributed by atoms with Crippen LogP contribution in [0.25, 0.3) is 10.8 Å². The van der Waals surface area contributed by atoms with Crippen LogP contribution in [0.15, 0.2) is 65.3 Å². The minimum Gasteiger partial charge on any atom is -0.459 e. The Morgan fingerprint density at radius 2 is 1.73 bits per heavy atom. The van der Waals surface area contributed by atoms with E-state index in [1.165, 1.54) is 12.3 Å². The Labute approximate surface area is 148 Å². The zero-order valence-corrected chi connectivity index (χ0v) is 13.7. The van der Waals surface area contributed by atoms with Gasteiger partial charge in [0, 0.05) is 0 Å². The van der Waals surface area contributed by atoms with Crippen molar-refractivity contribution in [3.8, 4) is 0 Å². The van der Waals surface area contributed by atoms with E-state index in [1.807, 2.05) is 42.5 Å². The van der Waals surface area contributed by atoms with Gasteiger partial charge in [0.1, 0.15) is 0 Å². The molecule has 2 amide bonds. The number of ether oxygens (including phenoxy) is 1. The highest BCUT2D eigenvalue weighted by molar-refractivity contribution is 5.93. The van der Waals surface area contributed by atoms with E-state index in [4.69, 9.17) is 9.15 Å². The quantitative estimate of drug-likeness (QED) is 0.540. The van der Waals surface area contributed by atoms with Crippen molar-refractivity contribution >= 4 is 28.6 Å². The van der Waals surface area contributed by atoms with Crippen LogP contribution >= 0.6 is 0 Å². The van der Waals surface area contributed by atoms with Crippen LogP contribution in [0.4, 0.5) is 0 Å². The van der Waals surface area contributed by atoms with Gasteiger partial charge in [-0.2, -0.15) is 0 Å². The second-order valence-electron chi connectivity index (χ2n) is 5.46. The van der Waals surface area contributed by atoms with E-state index in [-0.39, 0.29) is 12.2 Å². The second-order valence-corrected chi connectivity index (χ2v) is 5.46. The largest absolute Gasteiger partial charge is 0.459 e. The van der Waals surface area contributed by atoms with E-state index < -0.39 is 24.4 Å². The molecule has 1 heterocycles. The average Bonchev–Trinajstić information content (AvgIpc) is 3.19. The number of esters is 1. The van der Waals surface area contributed by atoms with E-state index >= 15 is 0 Å². The minimum absolute atomic E-state index is 0.0490. The number of carbonyl (C=O) groups excluding carboxylic acids is 3. The molecule has 7 nitrogen and oxygen atoms in total. The predicted octanol–water partition coefficient (Wildman–Crippen LogP) is 1.98. The summed E-state index contributed by atoms with van der Waals surface area (Å²) in [5.74, 6) is -1.74. The second kappa shape index (κ2) is 7.98. The van der Waals surface area contributed by atoms with Gasteiger partial charge in [0.2, 0.25) is 0 Å². The maximum absolute atomic E-state index is 12.0. The zero-order chi connectivity index (χ0) is 18.4. The number of nitrogens with one attached hydrogen (secondary N) is 2. The number of amides is 2. The first-order valence-corrected chi connectivity index (χ1v) is 7.88. The number of benzene rings is 2. The zero-order valence-electron chi connectivity index (χ0n) is 13.7. The molecule has 26 heavy (non-hydrogen) atoms.